The number of ether oxygens (including phenoxy) is 1. The molecule has 1 atom stereocenters. The molecule has 0 bridgehead atoms. The molecule has 1 amide bonds. The van der Waals surface area contributed by atoms with Crippen LogP contribution in [0.15, 0.2) is 42.6 Å². The van der Waals surface area contributed by atoms with Crippen molar-refractivity contribution in [1.82, 2.24) is 4.98 Å². The molecule has 22 heavy (non-hydrogen) atoms. The Morgan fingerprint density at radius 2 is 2.18 bits per heavy atom. The number of anilines is 1. The maximum atomic E-state index is 12.5. The molecule has 2 aromatic rings. The number of carbonyl (C=O) groups excluding carboxylic acids is 1. The van der Waals surface area contributed by atoms with E-state index in [4.69, 9.17) is 16.3 Å². The number of halogens is 1. The summed E-state index contributed by atoms with van der Waals surface area (Å²) in [7, 11) is 0. The number of carbonyl (C=O) groups is 1. The highest BCUT2D eigenvalue weighted by molar-refractivity contribution is 7.99. The van der Waals surface area contributed by atoms with Crippen LogP contribution in [0.25, 0.3) is 0 Å². The van der Waals surface area contributed by atoms with Crippen molar-refractivity contribution < 1.29 is 9.53 Å². The molecule has 6 heteroatoms. The highest BCUT2D eigenvalue weighted by Crippen LogP contribution is 2.26. The molecule has 0 unspecified atom stereocenters. The van der Waals surface area contributed by atoms with Gasteiger partial charge in [-0.1, -0.05) is 23.7 Å². The maximum Gasteiger partial charge on any atom is 0.261 e. The summed E-state index contributed by atoms with van der Waals surface area (Å²) in [6.07, 6.45) is 2.73. The second kappa shape index (κ2) is 7.03. The summed E-state index contributed by atoms with van der Waals surface area (Å²) in [5.41, 5.74) is 0.986. The average Bonchev–Trinajstić information content (AvgIpc) is 3.03. The van der Waals surface area contributed by atoms with E-state index in [1.165, 1.54) is 0 Å². The Hall–Kier alpha value is -1.72. The van der Waals surface area contributed by atoms with Crippen molar-refractivity contribution in [2.75, 3.05) is 16.8 Å². The number of aromatic nitrogens is 1. The maximum absolute atomic E-state index is 12.5. The lowest BCUT2D eigenvalue weighted by molar-refractivity contribution is 0.101. The first-order chi connectivity index (χ1) is 10.7. The van der Waals surface area contributed by atoms with Gasteiger partial charge in [0, 0.05) is 11.9 Å². The first-order valence-corrected chi connectivity index (χ1v) is 8.52. The zero-order chi connectivity index (χ0) is 15.4. The third-order valence-electron chi connectivity index (χ3n) is 3.30. The number of pyridine rings is 1. The van der Waals surface area contributed by atoms with Crippen molar-refractivity contribution in [3.8, 4) is 5.88 Å². The normalized spacial score (nSPS) is 17.2. The van der Waals surface area contributed by atoms with Crippen molar-refractivity contribution in [1.29, 1.82) is 0 Å². The van der Waals surface area contributed by atoms with Crippen LogP contribution in [0.2, 0.25) is 5.02 Å². The fourth-order valence-corrected chi connectivity index (χ4v) is 3.45. The Kier molecular flexibility index (Phi) is 4.85. The minimum absolute atomic E-state index is 0.117. The van der Waals surface area contributed by atoms with Crippen molar-refractivity contribution in [2.45, 2.75) is 12.5 Å². The summed E-state index contributed by atoms with van der Waals surface area (Å²) < 4.78 is 5.87. The second-order valence-corrected chi connectivity index (χ2v) is 6.45. The topological polar surface area (TPSA) is 51.2 Å². The molecule has 2 heterocycles. The fourth-order valence-electron chi connectivity index (χ4n) is 2.17. The zero-order valence-corrected chi connectivity index (χ0v) is 13.4. The van der Waals surface area contributed by atoms with Gasteiger partial charge in [-0.25, -0.2) is 4.98 Å². The standard InChI is InChI=1S/C16H15ClN2O2S/c17-13-5-1-2-6-14(13)19-15(20)12-4-3-8-18-16(12)21-11-7-9-22-10-11/h1-6,8,11H,7,9-10H2,(H,19,20)/t11-/m0/s1. The summed E-state index contributed by atoms with van der Waals surface area (Å²) in [4.78, 5) is 16.7. The van der Waals surface area contributed by atoms with Gasteiger partial charge in [-0.2, -0.15) is 11.8 Å². The van der Waals surface area contributed by atoms with Crippen LogP contribution in [-0.4, -0.2) is 28.5 Å². The highest BCUT2D eigenvalue weighted by Gasteiger charge is 2.21. The molecule has 4 nitrogen and oxygen atoms in total. The molecule has 3 rings (SSSR count). The van der Waals surface area contributed by atoms with Crippen molar-refractivity contribution in [3.05, 3.63) is 53.2 Å². The Balaban J connectivity index is 1.78. The van der Waals surface area contributed by atoms with Crippen LogP contribution < -0.4 is 10.1 Å². The summed E-state index contributed by atoms with van der Waals surface area (Å²) in [5, 5.41) is 3.29. The van der Waals surface area contributed by atoms with Crippen LogP contribution in [0.4, 0.5) is 5.69 Å². The summed E-state index contributed by atoms with van der Waals surface area (Å²) >= 11 is 7.92. The molecule has 1 N–H and O–H groups in total. The number of nitrogens with one attached hydrogen (secondary N) is 1. The SMILES string of the molecule is O=C(Nc1ccccc1Cl)c1cccnc1O[C@H]1CCSC1. The molecule has 1 aromatic heterocycles. The Labute approximate surface area is 138 Å². The molecular formula is C16H15ClN2O2S. The summed E-state index contributed by atoms with van der Waals surface area (Å²) in [6.45, 7) is 0. The van der Waals surface area contributed by atoms with Gasteiger partial charge in [-0.3, -0.25) is 4.79 Å². The molecule has 1 aromatic carbocycles. The van der Waals surface area contributed by atoms with Gasteiger partial charge in [-0.05, 0) is 36.4 Å². The van der Waals surface area contributed by atoms with E-state index in [2.05, 4.69) is 10.3 Å². The summed E-state index contributed by atoms with van der Waals surface area (Å²) in [6, 6.07) is 10.5. The number of hydrogen-bond acceptors (Lipinski definition) is 4. The second-order valence-electron chi connectivity index (χ2n) is 4.89. The molecule has 1 saturated heterocycles. The van der Waals surface area contributed by atoms with E-state index in [-0.39, 0.29) is 12.0 Å². The van der Waals surface area contributed by atoms with E-state index in [1.807, 2.05) is 23.9 Å². The van der Waals surface area contributed by atoms with Gasteiger partial charge in [0.25, 0.3) is 5.91 Å². The van der Waals surface area contributed by atoms with Crippen LogP contribution in [0.3, 0.4) is 0 Å². The van der Waals surface area contributed by atoms with E-state index in [0.29, 0.717) is 22.2 Å². The smallest absolute Gasteiger partial charge is 0.261 e. The number of nitrogens with zero attached hydrogens (tertiary/aromatic N) is 1. The highest BCUT2D eigenvalue weighted by atomic mass is 35.5. The van der Waals surface area contributed by atoms with Crippen LogP contribution in [0.5, 0.6) is 5.88 Å². The van der Waals surface area contributed by atoms with Crippen molar-refractivity contribution in [3.63, 3.8) is 0 Å². The van der Waals surface area contributed by atoms with Crippen LogP contribution in [-0.2, 0) is 0 Å². The lowest BCUT2D eigenvalue weighted by Crippen LogP contribution is -2.20. The Morgan fingerprint density at radius 1 is 1.32 bits per heavy atom. The van der Waals surface area contributed by atoms with Crippen LogP contribution in [0, 0.1) is 0 Å². The largest absolute Gasteiger partial charge is 0.473 e. The van der Waals surface area contributed by atoms with E-state index < -0.39 is 0 Å². The van der Waals surface area contributed by atoms with Crippen molar-refractivity contribution >= 4 is 35.0 Å². The van der Waals surface area contributed by atoms with Crippen LogP contribution >= 0.6 is 23.4 Å². The van der Waals surface area contributed by atoms with E-state index in [0.717, 1.165) is 17.9 Å². The molecule has 1 aliphatic rings. The number of benzene rings is 1. The molecule has 1 fully saturated rings. The molecule has 0 saturated carbocycles. The number of para-hydroxylation sites is 1. The van der Waals surface area contributed by atoms with Gasteiger partial charge in [0.2, 0.25) is 5.88 Å². The molecule has 114 valence electrons. The van der Waals surface area contributed by atoms with Gasteiger partial charge in [0.1, 0.15) is 11.7 Å². The molecule has 0 aliphatic carbocycles. The van der Waals surface area contributed by atoms with Gasteiger partial charge < -0.3 is 10.1 Å². The average molecular weight is 335 g/mol. The van der Waals surface area contributed by atoms with E-state index >= 15 is 0 Å². The minimum Gasteiger partial charge on any atom is -0.473 e. The number of rotatable bonds is 4. The zero-order valence-electron chi connectivity index (χ0n) is 11.8. The summed E-state index contributed by atoms with van der Waals surface area (Å²) in [5.74, 6) is 2.11. The monoisotopic (exact) mass is 334 g/mol. The predicted molar refractivity (Wildman–Crippen MR) is 90.0 cm³/mol. The lowest BCUT2D eigenvalue weighted by Gasteiger charge is -2.14. The number of thioether (sulfide) groups is 1. The number of hydrogen-bond donors (Lipinski definition) is 1. The van der Waals surface area contributed by atoms with Gasteiger partial charge in [0.05, 0.1) is 10.7 Å². The van der Waals surface area contributed by atoms with Crippen LogP contribution in [0.1, 0.15) is 16.8 Å². The first-order valence-electron chi connectivity index (χ1n) is 6.99. The lowest BCUT2D eigenvalue weighted by atomic mass is 10.2. The number of amides is 1. The third-order valence-corrected chi connectivity index (χ3v) is 4.77. The van der Waals surface area contributed by atoms with E-state index in [9.17, 15) is 4.79 Å². The van der Waals surface area contributed by atoms with Crippen molar-refractivity contribution in [2.24, 2.45) is 0 Å². The quantitative estimate of drug-likeness (QED) is 0.922. The fraction of sp³-hybridized carbons (Fsp3) is 0.250. The molecule has 0 spiro atoms. The molecule has 1 aliphatic heterocycles. The molecular weight excluding hydrogens is 320 g/mol. The Bertz CT molecular complexity index is 675. The van der Waals surface area contributed by atoms with Gasteiger partial charge in [0.15, 0.2) is 0 Å². The Morgan fingerprint density at radius 3 is 2.95 bits per heavy atom. The van der Waals surface area contributed by atoms with Gasteiger partial charge in [-0.15, -0.1) is 0 Å². The first kappa shape index (κ1) is 15.2. The third kappa shape index (κ3) is 3.54. The van der Waals surface area contributed by atoms with E-state index in [1.54, 1.807) is 30.5 Å². The predicted octanol–water partition coefficient (Wildman–Crippen LogP) is 3.87. The molecule has 0 radical (unpaired) electrons. The minimum atomic E-state index is -0.276. The van der Waals surface area contributed by atoms with Gasteiger partial charge >= 0.3 is 0 Å².